The fourth-order valence-electron chi connectivity index (χ4n) is 1.11. The molecule has 0 bridgehead atoms. The van der Waals surface area contributed by atoms with Gasteiger partial charge in [0.05, 0.1) is 6.54 Å². The summed E-state index contributed by atoms with van der Waals surface area (Å²) >= 11 is 0. The van der Waals surface area contributed by atoms with E-state index in [0.717, 1.165) is 13.0 Å². The van der Waals surface area contributed by atoms with Crippen molar-refractivity contribution in [3.63, 3.8) is 0 Å². The van der Waals surface area contributed by atoms with Crippen molar-refractivity contribution in [2.45, 2.75) is 38.6 Å². The van der Waals surface area contributed by atoms with Crippen LogP contribution in [0.2, 0.25) is 0 Å². The molecule has 0 unspecified atom stereocenters. The second-order valence-corrected chi connectivity index (χ2v) is 3.79. The van der Waals surface area contributed by atoms with E-state index >= 15 is 0 Å². The third-order valence-electron chi connectivity index (χ3n) is 2.12. The van der Waals surface area contributed by atoms with Crippen molar-refractivity contribution in [1.82, 2.24) is 10.6 Å². The van der Waals surface area contributed by atoms with Gasteiger partial charge in [-0.1, -0.05) is 6.92 Å². The smallest absolute Gasteiger partial charge is 0.221 e. The molecule has 0 heterocycles. The number of guanidine groups is 1. The third-order valence-corrected chi connectivity index (χ3v) is 2.12. The highest BCUT2D eigenvalue weighted by atomic mass is 16.1. The first-order valence-corrected chi connectivity index (χ1v) is 5.55. The largest absolute Gasteiger partial charge is 0.370 e. The van der Waals surface area contributed by atoms with Crippen LogP contribution in [0.1, 0.15) is 32.6 Å². The van der Waals surface area contributed by atoms with Crippen LogP contribution in [0.5, 0.6) is 0 Å². The molecule has 86 valence electrons. The van der Waals surface area contributed by atoms with Gasteiger partial charge in [0, 0.05) is 19.0 Å². The molecule has 1 amide bonds. The molecule has 0 aromatic carbocycles. The van der Waals surface area contributed by atoms with E-state index in [0.29, 0.717) is 25.0 Å². The zero-order chi connectivity index (χ0) is 11.1. The van der Waals surface area contributed by atoms with Gasteiger partial charge in [0.15, 0.2) is 5.96 Å². The van der Waals surface area contributed by atoms with Gasteiger partial charge in [-0.25, -0.2) is 0 Å². The van der Waals surface area contributed by atoms with Crippen LogP contribution in [0.4, 0.5) is 0 Å². The predicted octanol–water partition coefficient (Wildman–Crippen LogP) is -0.0306. The maximum atomic E-state index is 11.2. The topological polar surface area (TPSA) is 79.5 Å². The summed E-state index contributed by atoms with van der Waals surface area (Å²) in [5, 5.41) is 5.86. The molecule has 1 saturated carbocycles. The van der Waals surface area contributed by atoms with Gasteiger partial charge in [0.1, 0.15) is 0 Å². The van der Waals surface area contributed by atoms with E-state index in [1.165, 1.54) is 12.8 Å². The second-order valence-electron chi connectivity index (χ2n) is 3.79. The molecule has 15 heavy (non-hydrogen) atoms. The van der Waals surface area contributed by atoms with Crippen molar-refractivity contribution in [2.75, 3.05) is 13.1 Å². The molecule has 5 nitrogen and oxygen atoms in total. The predicted molar refractivity (Wildman–Crippen MR) is 60.6 cm³/mol. The standard InChI is InChI=1S/C10H20N4O/c1-2-6-12-9(15)5-7-13-10(11)14-8-3-4-8/h8H,2-7H2,1H3,(H,12,15)(H3,11,13,14). The van der Waals surface area contributed by atoms with Crippen LogP contribution in [0.25, 0.3) is 0 Å². The molecule has 0 aromatic heterocycles. The minimum Gasteiger partial charge on any atom is -0.370 e. The molecule has 1 aliphatic carbocycles. The highest BCUT2D eigenvalue weighted by Crippen LogP contribution is 2.17. The second kappa shape index (κ2) is 6.27. The van der Waals surface area contributed by atoms with E-state index in [1.54, 1.807) is 0 Å². The summed E-state index contributed by atoms with van der Waals surface area (Å²) in [6.07, 6.45) is 3.72. The van der Waals surface area contributed by atoms with Gasteiger partial charge in [0.2, 0.25) is 5.91 Å². The average Bonchev–Trinajstić information content (AvgIpc) is 2.98. The zero-order valence-corrected chi connectivity index (χ0v) is 9.25. The van der Waals surface area contributed by atoms with E-state index in [9.17, 15) is 4.79 Å². The average molecular weight is 212 g/mol. The number of carbonyl (C=O) groups is 1. The van der Waals surface area contributed by atoms with Crippen molar-refractivity contribution in [1.29, 1.82) is 0 Å². The summed E-state index contributed by atoms with van der Waals surface area (Å²) in [5.41, 5.74) is 5.61. The molecule has 4 N–H and O–H groups in total. The van der Waals surface area contributed by atoms with E-state index in [1.807, 2.05) is 6.92 Å². The number of aliphatic imine (C=N–C) groups is 1. The molecule has 0 spiro atoms. The van der Waals surface area contributed by atoms with Gasteiger partial charge in [-0.2, -0.15) is 0 Å². The first-order valence-electron chi connectivity index (χ1n) is 5.55. The van der Waals surface area contributed by atoms with Crippen LogP contribution >= 0.6 is 0 Å². The molecule has 0 aromatic rings. The van der Waals surface area contributed by atoms with Crippen molar-refractivity contribution in [2.24, 2.45) is 10.7 Å². The zero-order valence-electron chi connectivity index (χ0n) is 9.25. The molecular weight excluding hydrogens is 192 g/mol. The summed E-state index contributed by atoms with van der Waals surface area (Å²) in [6.45, 7) is 3.22. The Kier molecular flexibility index (Phi) is 4.93. The number of nitrogens with two attached hydrogens (primary N) is 1. The molecular formula is C10H20N4O. The van der Waals surface area contributed by atoms with Crippen LogP contribution in [0.3, 0.4) is 0 Å². The Hall–Kier alpha value is -1.26. The first-order chi connectivity index (χ1) is 7.22. The van der Waals surface area contributed by atoms with Gasteiger partial charge in [-0.15, -0.1) is 0 Å². The highest BCUT2D eigenvalue weighted by Gasteiger charge is 2.21. The fraction of sp³-hybridized carbons (Fsp3) is 0.800. The SMILES string of the molecule is CCCNC(=O)CCN=C(N)NC1CC1. The lowest BCUT2D eigenvalue weighted by atomic mass is 10.4. The highest BCUT2D eigenvalue weighted by molar-refractivity contribution is 5.79. The Morgan fingerprint density at radius 3 is 2.87 bits per heavy atom. The Labute approximate surface area is 90.5 Å². The van der Waals surface area contributed by atoms with Crippen LogP contribution in [-0.2, 0) is 4.79 Å². The number of hydrogen-bond donors (Lipinski definition) is 3. The summed E-state index contributed by atoms with van der Waals surface area (Å²) in [6, 6.07) is 0.516. The molecule has 0 saturated heterocycles. The third kappa shape index (κ3) is 5.93. The number of amides is 1. The minimum absolute atomic E-state index is 0.0415. The Morgan fingerprint density at radius 1 is 1.53 bits per heavy atom. The normalized spacial score (nSPS) is 16.2. The Balaban J connectivity index is 2.04. The Bertz CT molecular complexity index is 236. The molecule has 0 atom stereocenters. The van der Waals surface area contributed by atoms with Crippen molar-refractivity contribution in [3.8, 4) is 0 Å². The van der Waals surface area contributed by atoms with Gasteiger partial charge < -0.3 is 16.4 Å². The monoisotopic (exact) mass is 212 g/mol. The number of carbonyl (C=O) groups excluding carboxylic acids is 1. The minimum atomic E-state index is 0.0415. The maximum absolute atomic E-state index is 11.2. The lowest BCUT2D eigenvalue weighted by molar-refractivity contribution is -0.120. The van der Waals surface area contributed by atoms with Gasteiger partial charge in [-0.05, 0) is 19.3 Å². The maximum Gasteiger partial charge on any atom is 0.221 e. The van der Waals surface area contributed by atoms with E-state index < -0.39 is 0 Å². The van der Waals surface area contributed by atoms with Crippen LogP contribution in [0, 0.1) is 0 Å². The van der Waals surface area contributed by atoms with Crippen molar-refractivity contribution in [3.05, 3.63) is 0 Å². The number of rotatable bonds is 6. The molecule has 1 aliphatic rings. The summed E-state index contributed by atoms with van der Waals surface area (Å²) in [7, 11) is 0. The number of hydrogen-bond acceptors (Lipinski definition) is 2. The van der Waals surface area contributed by atoms with Crippen LogP contribution in [0.15, 0.2) is 4.99 Å². The number of nitrogens with zero attached hydrogens (tertiary/aromatic N) is 1. The molecule has 1 fully saturated rings. The summed E-state index contributed by atoms with van der Waals surface area (Å²) in [4.78, 5) is 15.3. The number of nitrogens with one attached hydrogen (secondary N) is 2. The van der Waals surface area contributed by atoms with Crippen LogP contribution in [-0.4, -0.2) is 31.0 Å². The van der Waals surface area contributed by atoms with E-state index in [-0.39, 0.29) is 5.91 Å². The molecule has 0 radical (unpaired) electrons. The quantitative estimate of drug-likeness (QED) is 0.427. The lowest BCUT2D eigenvalue weighted by Gasteiger charge is -2.03. The van der Waals surface area contributed by atoms with Crippen molar-refractivity contribution < 1.29 is 4.79 Å². The molecule has 0 aliphatic heterocycles. The Morgan fingerprint density at radius 2 is 2.27 bits per heavy atom. The van der Waals surface area contributed by atoms with Gasteiger partial charge in [-0.3, -0.25) is 9.79 Å². The van der Waals surface area contributed by atoms with Gasteiger partial charge >= 0.3 is 0 Å². The molecule has 5 heteroatoms. The first kappa shape index (κ1) is 11.8. The lowest BCUT2D eigenvalue weighted by Crippen LogP contribution is -2.33. The van der Waals surface area contributed by atoms with E-state index in [4.69, 9.17) is 5.73 Å². The summed E-state index contributed by atoms with van der Waals surface area (Å²) in [5.74, 6) is 0.501. The van der Waals surface area contributed by atoms with Gasteiger partial charge in [0.25, 0.3) is 0 Å². The summed E-state index contributed by atoms with van der Waals surface area (Å²) < 4.78 is 0. The molecule has 1 rings (SSSR count). The van der Waals surface area contributed by atoms with Crippen molar-refractivity contribution >= 4 is 11.9 Å². The van der Waals surface area contributed by atoms with E-state index in [2.05, 4.69) is 15.6 Å². The van der Waals surface area contributed by atoms with Crippen LogP contribution < -0.4 is 16.4 Å². The fourth-order valence-corrected chi connectivity index (χ4v) is 1.11.